The predicted octanol–water partition coefficient (Wildman–Crippen LogP) is 4.36. The van der Waals surface area contributed by atoms with Gasteiger partial charge in [-0.1, -0.05) is 19.1 Å². The number of nitrogens with zero attached hydrogens (tertiary/aromatic N) is 1. The number of aliphatic carboxylic acids is 1. The minimum Gasteiger partial charge on any atom is -0.478 e. The highest BCUT2D eigenvalue weighted by atomic mass is 32.2. The van der Waals surface area contributed by atoms with Gasteiger partial charge in [0, 0.05) is 13.1 Å². The molecule has 3 N–H and O–H groups in total. The third kappa shape index (κ3) is 7.37. The summed E-state index contributed by atoms with van der Waals surface area (Å²) in [7, 11) is -3.82. The summed E-state index contributed by atoms with van der Waals surface area (Å²) in [5, 5.41) is 16.4. The molecule has 0 saturated carbocycles. The summed E-state index contributed by atoms with van der Waals surface area (Å²) in [4.78, 5) is 22.6. The van der Waals surface area contributed by atoms with Crippen molar-refractivity contribution < 1.29 is 41.4 Å². The van der Waals surface area contributed by atoms with E-state index in [2.05, 4.69) is 16.5 Å². The maximum atomic E-state index is 12.9. The molecule has 34 heavy (non-hydrogen) atoms. The van der Waals surface area contributed by atoms with E-state index in [1.807, 2.05) is 13.0 Å². The Morgan fingerprint density at radius 3 is 2.29 bits per heavy atom. The van der Waals surface area contributed by atoms with Crippen LogP contribution < -0.4 is 9.62 Å². The minimum atomic E-state index is -5.08. The zero-order valence-corrected chi connectivity index (χ0v) is 19.3. The second kappa shape index (κ2) is 10.8. The SMILES string of the molecule is Cc1cccc(S(=O)(=O)Nc2cc(C(=O)O)ccc2N2CCCC(C)C2)c1.O=C(O)C(F)(F)F. The Morgan fingerprint density at radius 2 is 1.76 bits per heavy atom. The van der Waals surface area contributed by atoms with Gasteiger partial charge in [-0.15, -0.1) is 0 Å². The van der Waals surface area contributed by atoms with Gasteiger partial charge in [-0.2, -0.15) is 13.2 Å². The van der Waals surface area contributed by atoms with Gasteiger partial charge >= 0.3 is 18.1 Å². The highest BCUT2D eigenvalue weighted by molar-refractivity contribution is 7.92. The number of hydrogen-bond acceptors (Lipinski definition) is 5. The van der Waals surface area contributed by atoms with E-state index in [0.29, 0.717) is 17.3 Å². The molecule has 0 bridgehead atoms. The van der Waals surface area contributed by atoms with E-state index in [0.717, 1.165) is 31.5 Å². The molecule has 0 aliphatic carbocycles. The molecule has 3 rings (SSSR count). The van der Waals surface area contributed by atoms with Gasteiger partial charge in [0.25, 0.3) is 10.0 Å². The van der Waals surface area contributed by atoms with E-state index < -0.39 is 28.1 Å². The van der Waals surface area contributed by atoms with Crippen molar-refractivity contribution in [2.45, 2.75) is 37.8 Å². The first kappa shape index (κ1) is 27.0. The molecule has 1 heterocycles. The number of benzene rings is 2. The summed E-state index contributed by atoms with van der Waals surface area (Å²) in [6.07, 6.45) is -2.93. The standard InChI is InChI=1S/C20H24N2O4S.C2HF3O2/c1-14-5-3-7-17(11-14)27(25,26)21-18-12-16(20(23)24)8-9-19(18)22-10-4-6-15(2)13-22;3-2(4,5)1(6)7/h3,5,7-9,11-12,15,21H,4,6,10,13H2,1-2H3,(H,23,24);(H,6,7). The predicted molar refractivity (Wildman–Crippen MR) is 120 cm³/mol. The Labute approximate surface area is 195 Å². The van der Waals surface area contributed by atoms with Crippen LogP contribution in [0.3, 0.4) is 0 Å². The van der Waals surface area contributed by atoms with Crippen molar-refractivity contribution in [1.82, 2.24) is 0 Å². The molecule has 2 aromatic rings. The van der Waals surface area contributed by atoms with E-state index in [9.17, 15) is 31.5 Å². The zero-order valence-electron chi connectivity index (χ0n) is 18.5. The summed E-state index contributed by atoms with van der Waals surface area (Å²) in [5.41, 5.74) is 1.89. The quantitative estimate of drug-likeness (QED) is 0.555. The van der Waals surface area contributed by atoms with Gasteiger partial charge in [-0.05, 0) is 61.6 Å². The normalized spacial score (nSPS) is 16.3. The van der Waals surface area contributed by atoms with Crippen molar-refractivity contribution in [2.75, 3.05) is 22.7 Å². The van der Waals surface area contributed by atoms with Gasteiger partial charge in [0.05, 0.1) is 21.8 Å². The molecule has 0 spiro atoms. The lowest BCUT2D eigenvalue weighted by Crippen LogP contribution is -2.35. The third-order valence-corrected chi connectivity index (χ3v) is 6.39. The van der Waals surface area contributed by atoms with Crippen molar-refractivity contribution in [2.24, 2.45) is 5.92 Å². The molecule has 1 aliphatic rings. The van der Waals surface area contributed by atoms with Crippen molar-refractivity contribution in [3.63, 3.8) is 0 Å². The van der Waals surface area contributed by atoms with Gasteiger partial charge in [0.2, 0.25) is 0 Å². The number of anilines is 2. The Kier molecular flexibility index (Phi) is 8.54. The number of sulfonamides is 1. The molecule has 12 heteroatoms. The van der Waals surface area contributed by atoms with Gasteiger partial charge in [0.15, 0.2) is 0 Å². The van der Waals surface area contributed by atoms with E-state index >= 15 is 0 Å². The van der Waals surface area contributed by atoms with Crippen LogP contribution in [0.2, 0.25) is 0 Å². The maximum Gasteiger partial charge on any atom is 0.490 e. The second-order valence-electron chi connectivity index (χ2n) is 7.96. The Hall–Kier alpha value is -3.28. The fraction of sp³-hybridized carbons (Fsp3) is 0.364. The van der Waals surface area contributed by atoms with Crippen LogP contribution in [0.15, 0.2) is 47.4 Å². The number of hydrogen-bond donors (Lipinski definition) is 3. The van der Waals surface area contributed by atoms with Crippen molar-refractivity contribution in [3.05, 3.63) is 53.6 Å². The molecule has 0 aromatic heterocycles. The van der Waals surface area contributed by atoms with Crippen LogP contribution in [-0.4, -0.2) is 49.8 Å². The van der Waals surface area contributed by atoms with E-state index in [1.54, 1.807) is 18.2 Å². The zero-order chi connectivity index (χ0) is 25.7. The number of carboxylic acid groups (broad SMARTS) is 2. The Bertz CT molecular complexity index is 1150. The highest BCUT2D eigenvalue weighted by Crippen LogP contribution is 2.32. The number of halogens is 3. The van der Waals surface area contributed by atoms with Crippen LogP contribution in [0.25, 0.3) is 0 Å². The van der Waals surface area contributed by atoms with Crippen LogP contribution in [0.4, 0.5) is 24.5 Å². The van der Waals surface area contributed by atoms with Gasteiger partial charge in [0.1, 0.15) is 0 Å². The van der Waals surface area contributed by atoms with E-state index in [4.69, 9.17) is 9.90 Å². The minimum absolute atomic E-state index is 0.0470. The average molecular weight is 503 g/mol. The lowest BCUT2D eigenvalue weighted by molar-refractivity contribution is -0.192. The van der Waals surface area contributed by atoms with Crippen molar-refractivity contribution in [1.29, 1.82) is 0 Å². The van der Waals surface area contributed by atoms with Crippen LogP contribution in [0.1, 0.15) is 35.7 Å². The van der Waals surface area contributed by atoms with Gasteiger partial charge in [-0.3, -0.25) is 4.72 Å². The smallest absolute Gasteiger partial charge is 0.478 e. The Morgan fingerprint density at radius 1 is 1.12 bits per heavy atom. The molecule has 1 aliphatic heterocycles. The fourth-order valence-electron chi connectivity index (χ4n) is 3.42. The number of carboxylic acids is 2. The molecule has 8 nitrogen and oxygen atoms in total. The van der Waals surface area contributed by atoms with Crippen LogP contribution >= 0.6 is 0 Å². The maximum absolute atomic E-state index is 12.9. The molecule has 1 saturated heterocycles. The molecule has 186 valence electrons. The number of nitrogens with one attached hydrogen (secondary N) is 1. The summed E-state index contributed by atoms with van der Waals surface area (Å²) in [5.74, 6) is -3.35. The van der Waals surface area contributed by atoms with Gasteiger partial charge < -0.3 is 15.1 Å². The molecule has 0 amide bonds. The number of aromatic carboxylic acids is 1. The molecular weight excluding hydrogens is 477 g/mol. The van der Waals surface area contributed by atoms with Crippen LogP contribution in [-0.2, 0) is 14.8 Å². The number of alkyl halides is 3. The third-order valence-electron chi connectivity index (χ3n) is 5.03. The van der Waals surface area contributed by atoms with Gasteiger partial charge in [-0.25, -0.2) is 18.0 Å². The first-order chi connectivity index (χ1) is 15.7. The molecule has 0 radical (unpaired) electrons. The topological polar surface area (TPSA) is 124 Å². The highest BCUT2D eigenvalue weighted by Gasteiger charge is 2.38. The Balaban J connectivity index is 0.000000509. The number of aryl methyl sites for hydroxylation is 1. The first-order valence-electron chi connectivity index (χ1n) is 10.2. The lowest BCUT2D eigenvalue weighted by atomic mass is 9.99. The number of rotatable bonds is 5. The van der Waals surface area contributed by atoms with Crippen molar-refractivity contribution in [3.8, 4) is 0 Å². The molecule has 1 fully saturated rings. The fourth-order valence-corrected chi connectivity index (χ4v) is 4.59. The summed E-state index contributed by atoms with van der Waals surface area (Å²) in [6, 6.07) is 11.2. The van der Waals surface area contributed by atoms with E-state index in [-0.39, 0.29) is 10.5 Å². The molecule has 1 unspecified atom stereocenters. The average Bonchev–Trinajstić information content (AvgIpc) is 2.73. The monoisotopic (exact) mass is 502 g/mol. The summed E-state index contributed by atoms with van der Waals surface area (Å²) < 4.78 is 60.1. The van der Waals surface area contributed by atoms with E-state index in [1.165, 1.54) is 18.2 Å². The van der Waals surface area contributed by atoms with Crippen molar-refractivity contribution >= 4 is 33.3 Å². The lowest BCUT2D eigenvalue weighted by Gasteiger charge is -2.34. The summed E-state index contributed by atoms with van der Waals surface area (Å²) >= 11 is 0. The number of carbonyl (C=O) groups is 2. The number of piperidine rings is 1. The first-order valence-corrected chi connectivity index (χ1v) is 11.7. The molecular formula is C22H25F3N2O6S. The molecule has 1 atom stereocenters. The largest absolute Gasteiger partial charge is 0.490 e. The van der Waals surface area contributed by atoms with Crippen LogP contribution in [0.5, 0.6) is 0 Å². The molecule has 2 aromatic carbocycles. The second-order valence-corrected chi connectivity index (χ2v) is 9.64. The summed E-state index contributed by atoms with van der Waals surface area (Å²) in [6.45, 7) is 5.61. The van der Waals surface area contributed by atoms with Crippen LogP contribution in [0, 0.1) is 12.8 Å².